The van der Waals surface area contributed by atoms with Crippen LogP contribution in [0.4, 0.5) is 0 Å². The van der Waals surface area contributed by atoms with E-state index in [2.05, 4.69) is 41.8 Å². The molecule has 0 bridgehead atoms. The summed E-state index contributed by atoms with van der Waals surface area (Å²) in [6.45, 7) is 10.1. The van der Waals surface area contributed by atoms with Crippen molar-refractivity contribution >= 4 is 0 Å². The first-order chi connectivity index (χ1) is 10.2. The predicted molar refractivity (Wildman–Crippen MR) is 88.5 cm³/mol. The number of rotatable bonds is 4. The maximum atomic E-state index is 6.13. The molecule has 3 nitrogen and oxygen atoms in total. The van der Waals surface area contributed by atoms with Crippen LogP contribution in [0, 0.1) is 13.8 Å². The first-order valence-electron chi connectivity index (χ1n) is 8.44. The maximum Gasteiger partial charge on any atom is 0.0471 e. The number of likely N-dealkylation sites (tertiary alicyclic amines) is 2. The van der Waals surface area contributed by atoms with Crippen LogP contribution in [-0.4, -0.2) is 48.6 Å². The van der Waals surface area contributed by atoms with Crippen LogP contribution in [0.25, 0.3) is 0 Å². The van der Waals surface area contributed by atoms with Gasteiger partial charge in [0.15, 0.2) is 0 Å². The third-order valence-electron chi connectivity index (χ3n) is 5.14. The van der Waals surface area contributed by atoms with E-state index >= 15 is 0 Å². The zero-order chi connectivity index (χ0) is 14.8. The summed E-state index contributed by atoms with van der Waals surface area (Å²) in [7, 11) is 0. The van der Waals surface area contributed by atoms with Crippen molar-refractivity contribution in [2.75, 3.05) is 32.7 Å². The Balaban J connectivity index is 1.71. The van der Waals surface area contributed by atoms with Gasteiger partial charge in [-0.2, -0.15) is 0 Å². The topological polar surface area (TPSA) is 32.5 Å². The molecule has 2 aliphatic rings. The highest BCUT2D eigenvalue weighted by Crippen LogP contribution is 2.28. The molecule has 1 aromatic rings. The standard InChI is InChI=1S/C18H29N3/c1-14-9-15(2)11-16(10-14)18(12-19)21-8-5-17(13-21)20-6-3-4-7-20/h9-11,17-18H,3-8,12-13,19H2,1-2H3. The summed E-state index contributed by atoms with van der Waals surface area (Å²) in [5.74, 6) is 0. The molecular weight excluding hydrogens is 258 g/mol. The summed E-state index contributed by atoms with van der Waals surface area (Å²) in [5.41, 5.74) is 10.2. The summed E-state index contributed by atoms with van der Waals surface area (Å²) >= 11 is 0. The van der Waals surface area contributed by atoms with Crippen molar-refractivity contribution < 1.29 is 0 Å². The minimum Gasteiger partial charge on any atom is -0.329 e. The molecule has 2 aliphatic heterocycles. The van der Waals surface area contributed by atoms with Crippen molar-refractivity contribution in [3.8, 4) is 0 Å². The number of nitrogens with two attached hydrogens (primary N) is 1. The zero-order valence-corrected chi connectivity index (χ0v) is 13.5. The molecular formula is C18H29N3. The molecule has 0 aromatic heterocycles. The van der Waals surface area contributed by atoms with Crippen LogP contribution in [0.15, 0.2) is 18.2 Å². The van der Waals surface area contributed by atoms with E-state index in [9.17, 15) is 0 Å². The van der Waals surface area contributed by atoms with E-state index in [-0.39, 0.29) is 0 Å². The SMILES string of the molecule is Cc1cc(C)cc(C(CN)N2CCC(N3CCCC3)C2)c1. The van der Waals surface area contributed by atoms with Gasteiger partial charge in [0.05, 0.1) is 0 Å². The lowest BCUT2D eigenvalue weighted by atomic mass is 10.0. The Morgan fingerprint density at radius 2 is 1.76 bits per heavy atom. The highest BCUT2D eigenvalue weighted by atomic mass is 15.3. The largest absolute Gasteiger partial charge is 0.329 e. The maximum absolute atomic E-state index is 6.13. The number of hydrogen-bond donors (Lipinski definition) is 1. The van der Waals surface area contributed by atoms with Crippen LogP contribution < -0.4 is 5.73 Å². The monoisotopic (exact) mass is 287 g/mol. The van der Waals surface area contributed by atoms with Crippen LogP contribution in [0.1, 0.15) is 42.0 Å². The number of benzene rings is 1. The summed E-state index contributed by atoms with van der Waals surface area (Å²) in [6, 6.07) is 8.01. The van der Waals surface area contributed by atoms with Gasteiger partial charge in [-0.25, -0.2) is 0 Å². The normalized spacial score (nSPS) is 25.6. The second kappa shape index (κ2) is 6.47. The lowest BCUT2D eigenvalue weighted by Crippen LogP contribution is -2.38. The highest BCUT2D eigenvalue weighted by Gasteiger charge is 2.32. The van der Waals surface area contributed by atoms with E-state index in [1.807, 2.05) is 0 Å². The molecule has 0 radical (unpaired) electrons. The Labute approximate surface area is 129 Å². The van der Waals surface area contributed by atoms with Gasteiger partial charge < -0.3 is 5.73 Å². The van der Waals surface area contributed by atoms with Gasteiger partial charge in [-0.15, -0.1) is 0 Å². The predicted octanol–water partition coefficient (Wildman–Crippen LogP) is 2.47. The van der Waals surface area contributed by atoms with E-state index in [1.54, 1.807) is 0 Å². The van der Waals surface area contributed by atoms with Crippen molar-refractivity contribution in [3.63, 3.8) is 0 Å². The van der Waals surface area contributed by atoms with E-state index < -0.39 is 0 Å². The fourth-order valence-electron chi connectivity index (χ4n) is 4.15. The molecule has 0 saturated carbocycles. The Hall–Kier alpha value is -0.900. The smallest absolute Gasteiger partial charge is 0.0471 e. The lowest BCUT2D eigenvalue weighted by molar-refractivity contribution is 0.203. The van der Waals surface area contributed by atoms with Gasteiger partial charge in [0.1, 0.15) is 0 Å². The van der Waals surface area contributed by atoms with Crippen LogP contribution in [0.3, 0.4) is 0 Å². The molecule has 2 atom stereocenters. The van der Waals surface area contributed by atoms with E-state index in [1.165, 1.54) is 62.1 Å². The molecule has 2 fully saturated rings. The molecule has 0 spiro atoms. The third kappa shape index (κ3) is 3.31. The minimum absolute atomic E-state index is 0.385. The first kappa shape index (κ1) is 15.0. The van der Waals surface area contributed by atoms with Crippen molar-refractivity contribution in [3.05, 3.63) is 34.9 Å². The van der Waals surface area contributed by atoms with Gasteiger partial charge >= 0.3 is 0 Å². The van der Waals surface area contributed by atoms with Gasteiger partial charge in [-0.05, 0) is 51.8 Å². The highest BCUT2D eigenvalue weighted by molar-refractivity contribution is 5.31. The van der Waals surface area contributed by atoms with Gasteiger partial charge in [-0.3, -0.25) is 9.80 Å². The van der Waals surface area contributed by atoms with Crippen LogP contribution in [0.5, 0.6) is 0 Å². The van der Waals surface area contributed by atoms with E-state index in [0.717, 1.165) is 12.6 Å². The van der Waals surface area contributed by atoms with Crippen LogP contribution in [0.2, 0.25) is 0 Å². The number of hydrogen-bond acceptors (Lipinski definition) is 3. The van der Waals surface area contributed by atoms with Crippen molar-refractivity contribution in [1.29, 1.82) is 0 Å². The Morgan fingerprint density at radius 1 is 1.10 bits per heavy atom. The van der Waals surface area contributed by atoms with Gasteiger partial charge in [-0.1, -0.05) is 29.3 Å². The molecule has 2 heterocycles. The van der Waals surface area contributed by atoms with Gasteiger partial charge in [0.2, 0.25) is 0 Å². The summed E-state index contributed by atoms with van der Waals surface area (Å²) in [5, 5.41) is 0. The van der Waals surface area contributed by atoms with Crippen molar-refractivity contribution in [2.45, 2.75) is 45.2 Å². The fourth-order valence-corrected chi connectivity index (χ4v) is 4.15. The van der Waals surface area contributed by atoms with Crippen molar-refractivity contribution in [1.82, 2.24) is 9.80 Å². The minimum atomic E-state index is 0.385. The Kier molecular flexibility index (Phi) is 4.63. The number of aryl methyl sites for hydroxylation is 2. The molecule has 2 saturated heterocycles. The molecule has 116 valence electrons. The second-order valence-electron chi connectivity index (χ2n) is 6.85. The lowest BCUT2D eigenvalue weighted by Gasteiger charge is -2.29. The molecule has 1 aromatic carbocycles. The van der Waals surface area contributed by atoms with Crippen LogP contribution in [-0.2, 0) is 0 Å². The van der Waals surface area contributed by atoms with Gasteiger partial charge in [0.25, 0.3) is 0 Å². The molecule has 3 rings (SSSR count). The molecule has 0 amide bonds. The molecule has 3 heteroatoms. The van der Waals surface area contributed by atoms with Crippen LogP contribution >= 0.6 is 0 Å². The molecule has 2 unspecified atom stereocenters. The average Bonchev–Trinajstić information content (AvgIpc) is 3.09. The second-order valence-corrected chi connectivity index (χ2v) is 6.85. The summed E-state index contributed by atoms with van der Waals surface area (Å²) in [6.07, 6.45) is 4.07. The summed E-state index contributed by atoms with van der Waals surface area (Å²) < 4.78 is 0. The summed E-state index contributed by atoms with van der Waals surface area (Å²) in [4.78, 5) is 5.30. The number of nitrogens with zero attached hydrogens (tertiary/aromatic N) is 2. The molecule has 2 N–H and O–H groups in total. The molecule has 21 heavy (non-hydrogen) atoms. The zero-order valence-electron chi connectivity index (χ0n) is 13.5. The first-order valence-corrected chi connectivity index (χ1v) is 8.44. The Bertz CT molecular complexity index is 459. The van der Waals surface area contributed by atoms with Crippen molar-refractivity contribution in [2.24, 2.45) is 5.73 Å². The molecule has 0 aliphatic carbocycles. The average molecular weight is 287 g/mol. The fraction of sp³-hybridized carbons (Fsp3) is 0.667. The third-order valence-corrected chi connectivity index (χ3v) is 5.14. The van der Waals surface area contributed by atoms with Gasteiger partial charge in [0, 0.05) is 31.7 Å². The quantitative estimate of drug-likeness (QED) is 0.923. The Morgan fingerprint density at radius 3 is 2.38 bits per heavy atom. The van der Waals surface area contributed by atoms with E-state index in [4.69, 9.17) is 5.73 Å². The van der Waals surface area contributed by atoms with E-state index in [0.29, 0.717) is 6.04 Å².